The lowest BCUT2D eigenvalue weighted by molar-refractivity contribution is 0.0740. The molecule has 8 heteroatoms. The van der Waals surface area contributed by atoms with Gasteiger partial charge in [-0.1, -0.05) is 0 Å². The van der Waals surface area contributed by atoms with Crippen LogP contribution in [0.2, 0.25) is 0 Å². The second-order valence-electron chi connectivity index (χ2n) is 3.99. The van der Waals surface area contributed by atoms with E-state index in [1.54, 1.807) is 11.6 Å². The Labute approximate surface area is 111 Å². The van der Waals surface area contributed by atoms with Crippen LogP contribution in [-0.4, -0.2) is 45.5 Å². The molecule has 0 unspecified atom stereocenters. The third-order valence-corrected chi connectivity index (χ3v) is 3.31. The number of nitrogens with zero attached hydrogens (tertiary/aromatic N) is 3. The van der Waals surface area contributed by atoms with Crippen molar-refractivity contribution in [2.24, 2.45) is 0 Å². The van der Waals surface area contributed by atoms with Crippen molar-refractivity contribution < 1.29 is 13.9 Å². The summed E-state index contributed by atoms with van der Waals surface area (Å²) in [4.78, 5) is 17.9. The first-order chi connectivity index (χ1) is 9.10. The Hall–Kier alpha value is -1.38. The number of thiazole rings is 1. The van der Waals surface area contributed by atoms with E-state index < -0.39 is 13.0 Å². The molecule has 104 valence electrons. The van der Waals surface area contributed by atoms with Crippen LogP contribution in [0.4, 0.5) is 8.78 Å². The normalized spacial score (nSPS) is 11.8. The quantitative estimate of drug-likeness (QED) is 0.855. The predicted molar refractivity (Wildman–Crippen MR) is 67.7 cm³/mol. The summed E-state index contributed by atoms with van der Waals surface area (Å²) in [6, 6.07) is 1.33. The van der Waals surface area contributed by atoms with Crippen LogP contribution in [-0.2, 0) is 6.54 Å². The molecule has 0 bridgehead atoms. The van der Waals surface area contributed by atoms with Gasteiger partial charge in [-0.05, 0) is 0 Å². The summed E-state index contributed by atoms with van der Waals surface area (Å²) in [7, 11) is 0. The number of hydrogen-bond acceptors (Lipinski definition) is 5. The van der Waals surface area contributed by atoms with Crippen molar-refractivity contribution >= 4 is 16.3 Å². The zero-order valence-electron chi connectivity index (χ0n) is 10.00. The van der Waals surface area contributed by atoms with E-state index >= 15 is 0 Å². The summed E-state index contributed by atoms with van der Waals surface area (Å²) in [5.41, 5.74) is 0.198. The van der Waals surface area contributed by atoms with E-state index in [1.165, 1.54) is 26.7 Å². The molecule has 0 spiro atoms. The molecule has 0 amide bonds. The summed E-state index contributed by atoms with van der Waals surface area (Å²) >= 11 is 1.31. The van der Waals surface area contributed by atoms with Crippen molar-refractivity contribution in [3.05, 3.63) is 33.7 Å². The highest BCUT2D eigenvalue weighted by atomic mass is 32.1. The minimum atomic E-state index is -2.49. The second kappa shape index (κ2) is 6.18. The minimum Gasteiger partial charge on any atom is -0.395 e. The Morgan fingerprint density at radius 1 is 1.53 bits per heavy atom. The fraction of sp³-hybridized carbons (Fsp3) is 0.455. The molecule has 0 fully saturated rings. The average Bonchev–Trinajstić information content (AvgIpc) is 2.77. The molecule has 0 radical (unpaired) electrons. The first-order valence-electron chi connectivity index (χ1n) is 5.67. The van der Waals surface area contributed by atoms with E-state index in [0.717, 1.165) is 0 Å². The lowest BCUT2D eigenvalue weighted by Gasteiger charge is -2.20. The number of aliphatic hydroxyl groups excluding tert-OH is 1. The summed E-state index contributed by atoms with van der Waals surface area (Å²) in [6.45, 7) is -0.427. The Morgan fingerprint density at radius 3 is 3.00 bits per heavy atom. The number of aromatic nitrogens is 2. The van der Waals surface area contributed by atoms with Gasteiger partial charge in [-0.15, -0.1) is 11.3 Å². The number of aliphatic hydroxyl groups is 1. The predicted octanol–water partition coefficient (Wildman–Crippen LogP) is 0.815. The molecule has 0 saturated carbocycles. The SMILES string of the molecule is O=c1cc(CN(CCO)CC(F)F)nc2sccn12. The molecular formula is C11H13F2N3O2S. The Kier molecular flexibility index (Phi) is 4.56. The summed E-state index contributed by atoms with van der Waals surface area (Å²) < 4.78 is 26.2. The molecule has 2 rings (SSSR count). The highest BCUT2D eigenvalue weighted by Crippen LogP contribution is 2.09. The molecule has 2 aromatic rings. The molecule has 0 aliphatic rings. The first-order valence-corrected chi connectivity index (χ1v) is 6.55. The maximum atomic E-state index is 12.4. The van der Waals surface area contributed by atoms with Gasteiger partial charge in [0.2, 0.25) is 0 Å². The molecule has 0 atom stereocenters. The van der Waals surface area contributed by atoms with E-state index in [2.05, 4.69) is 4.98 Å². The van der Waals surface area contributed by atoms with E-state index in [4.69, 9.17) is 5.11 Å². The molecular weight excluding hydrogens is 276 g/mol. The van der Waals surface area contributed by atoms with Gasteiger partial charge in [0.1, 0.15) is 0 Å². The summed E-state index contributed by atoms with van der Waals surface area (Å²) in [6.07, 6.45) is -0.873. The van der Waals surface area contributed by atoms with Crippen molar-refractivity contribution in [2.75, 3.05) is 19.7 Å². The molecule has 0 saturated heterocycles. The van der Waals surface area contributed by atoms with Crippen LogP contribution < -0.4 is 5.56 Å². The van der Waals surface area contributed by atoms with Gasteiger partial charge in [-0.3, -0.25) is 14.1 Å². The highest BCUT2D eigenvalue weighted by molar-refractivity contribution is 7.15. The maximum absolute atomic E-state index is 12.4. The van der Waals surface area contributed by atoms with Gasteiger partial charge >= 0.3 is 0 Å². The topological polar surface area (TPSA) is 57.8 Å². The van der Waals surface area contributed by atoms with Gasteiger partial charge in [-0.25, -0.2) is 13.8 Å². The molecule has 2 heterocycles. The van der Waals surface area contributed by atoms with Crippen molar-refractivity contribution in [2.45, 2.75) is 13.0 Å². The molecule has 0 aromatic carbocycles. The molecule has 0 aliphatic carbocycles. The van der Waals surface area contributed by atoms with Gasteiger partial charge in [0.05, 0.1) is 18.8 Å². The average molecular weight is 289 g/mol. The van der Waals surface area contributed by atoms with Crippen LogP contribution >= 0.6 is 11.3 Å². The van der Waals surface area contributed by atoms with Gasteiger partial charge in [0.25, 0.3) is 12.0 Å². The van der Waals surface area contributed by atoms with E-state index in [0.29, 0.717) is 10.7 Å². The van der Waals surface area contributed by atoms with Gasteiger partial charge in [0, 0.05) is 30.7 Å². The minimum absolute atomic E-state index is 0.120. The molecule has 2 aromatic heterocycles. The summed E-state index contributed by atoms with van der Waals surface area (Å²) in [5, 5.41) is 10.6. The van der Waals surface area contributed by atoms with E-state index in [1.807, 2.05) is 0 Å². The Morgan fingerprint density at radius 2 is 2.32 bits per heavy atom. The Balaban J connectivity index is 2.20. The summed E-state index contributed by atoms with van der Waals surface area (Å²) in [5.74, 6) is 0. The third kappa shape index (κ3) is 3.55. The van der Waals surface area contributed by atoms with Crippen LogP contribution in [0.25, 0.3) is 4.96 Å². The molecule has 1 N–H and O–H groups in total. The van der Waals surface area contributed by atoms with Crippen LogP contribution in [0.5, 0.6) is 0 Å². The van der Waals surface area contributed by atoms with Crippen molar-refractivity contribution in [1.82, 2.24) is 14.3 Å². The van der Waals surface area contributed by atoms with Gasteiger partial charge in [-0.2, -0.15) is 0 Å². The van der Waals surface area contributed by atoms with Crippen LogP contribution in [0.3, 0.4) is 0 Å². The molecule has 5 nitrogen and oxygen atoms in total. The molecule has 0 aliphatic heterocycles. The van der Waals surface area contributed by atoms with E-state index in [9.17, 15) is 13.6 Å². The molecule has 19 heavy (non-hydrogen) atoms. The number of halogens is 2. The lowest BCUT2D eigenvalue weighted by atomic mass is 10.3. The van der Waals surface area contributed by atoms with Gasteiger partial charge < -0.3 is 5.11 Å². The monoisotopic (exact) mass is 289 g/mol. The standard InChI is InChI=1S/C11H13F2N3O2S/c12-9(13)7-15(1-3-17)6-8-5-10(18)16-2-4-19-11(16)14-8/h2,4-5,9,17H,1,3,6-7H2. The van der Waals surface area contributed by atoms with Crippen LogP contribution in [0, 0.1) is 0 Å². The number of hydrogen-bond donors (Lipinski definition) is 1. The van der Waals surface area contributed by atoms with Crippen molar-refractivity contribution in [3.63, 3.8) is 0 Å². The van der Waals surface area contributed by atoms with Crippen molar-refractivity contribution in [1.29, 1.82) is 0 Å². The van der Waals surface area contributed by atoms with E-state index in [-0.39, 0.29) is 25.3 Å². The fourth-order valence-electron chi connectivity index (χ4n) is 1.77. The number of fused-ring (bicyclic) bond motifs is 1. The number of alkyl halides is 2. The van der Waals surface area contributed by atoms with Crippen molar-refractivity contribution in [3.8, 4) is 0 Å². The second-order valence-corrected chi connectivity index (χ2v) is 4.86. The zero-order valence-corrected chi connectivity index (χ0v) is 10.8. The highest BCUT2D eigenvalue weighted by Gasteiger charge is 2.13. The van der Waals surface area contributed by atoms with Gasteiger partial charge in [0.15, 0.2) is 4.96 Å². The third-order valence-electron chi connectivity index (χ3n) is 2.55. The largest absolute Gasteiger partial charge is 0.395 e. The fourth-order valence-corrected chi connectivity index (χ4v) is 2.51. The Bertz CT molecular complexity index is 599. The van der Waals surface area contributed by atoms with Crippen LogP contribution in [0.15, 0.2) is 22.4 Å². The van der Waals surface area contributed by atoms with Crippen LogP contribution in [0.1, 0.15) is 5.69 Å². The maximum Gasteiger partial charge on any atom is 0.258 e. The lowest BCUT2D eigenvalue weighted by Crippen LogP contribution is -2.32. The number of rotatable bonds is 6. The zero-order chi connectivity index (χ0) is 13.8. The smallest absolute Gasteiger partial charge is 0.258 e. The first kappa shape index (κ1) is 14.0.